The Morgan fingerprint density at radius 3 is 2.33 bits per heavy atom. The lowest BCUT2D eigenvalue weighted by atomic mass is 10.1. The maximum Gasteiger partial charge on any atom is 0.123 e. The van der Waals surface area contributed by atoms with E-state index in [1.165, 1.54) is 12.1 Å². The lowest BCUT2D eigenvalue weighted by molar-refractivity contribution is 0.614. The van der Waals surface area contributed by atoms with Crippen LogP contribution in [-0.4, -0.2) is 0 Å². The summed E-state index contributed by atoms with van der Waals surface area (Å²) < 4.78 is 12.8. The SMILES string of the molecule is N#C[C@@H](NCc1ccccc1)c1ccc(F)cc1. The van der Waals surface area contributed by atoms with Crippen LogP contribution in [0.15, 0.2) is 54.6 Å². The summed E-state index contributed by atoms with van der Waals surface area (Å²) in [7, 11) is 0. The van der Waals surface area contributed by atoms with Crippen LogP contribution in [0.4, 0.5) is 4.39 Å². The van der Waals surface area contributed by atoms with E-state index in [1.807, 2.05) is 30.3 Å². The van der Waals surface area contributed by atoms with Crippen molar-refractivity contribution >= 4 is 0 Å². The second kappa shape index (κ2) is 5.95. The molecule has 1 N–H and O–H groups in total. The molecule has 18 heavy (non-hydrogen) atoms. The summed E-state index contributed by atoms with van der Waals surface area (Å²) in [6, 6.07) is 17.6. The predicted octanol–water partition coefficient (Wildman–Crippen LogP) is 3.18. The third-order valence-electron chi connectivity index (χ3n) is 2.69. The molecule has 0 saturated heterocycles. The molecule has 90 valence electrons. The van der Waals surface area contributed by atoms with Gasteiger partial charge in [0.25, 0.3) is 0 Å². The van der Waals surface area contributed by atoms with Gasteiger partial charge in [-0.15, -0.1) is 0 Å². The summed E-state index contributed by atoms with van der Waals surface area (Å²) in [5.41, 5.74) is 1.88. The van der Waals surface area contributed by atoms with Crippen LogP contribution in [-0.2, 0) is 6.54 Å². The minimum absolute atomic E-state index is 0.293. The van der Waals surface area contributed by atoms with E-state index in [1.54, 1.807) is 12.1 Å². The van der Waals surface area contributed by atoms with Crippen molar-refractivity contribution in [3.05, 3.63) is 71.5 Å². The van der Waals surface area contributed by atoms with Gasteiger partial charge in [0.15, 0.2) is 0 Å². The molecule has 0 heterocycles. The van der Waals surface area contributed by atoms with Gasteiger partial charge in [0, 0.05) is 6.54 Å². The van der Waals surface area contributed by atoms with Crippen LogP contribution in [0.2, 0.25) is 0 Å². The summed E-state index contributed by atoms with van der Waals surface area (Å²) in [6.07, 6.45) is 0. The van der Waals surface area contributed by atoms with Crippen molar-refractivity contribution in [3.8, 4) is 6.07 Å². The Hall–Kier alpha value is -2.18. The number of rotatable bonds is 4. The van der Waals surface area contributed by atoms with Gasteiger partial charge in [-0.05, 0) is 23.3 Å². The van der Waals surface area contributed by atoms with Gasteiger partial charge in [-0.1, -0.05) is 42.5 Å². The monoisotopic (exact) mass is 240 g/mol. The highest BCUT2D eigenvalue weighted by atomic mass is 19.1. The van der Waals surface area contributed by atoms with Gasteiger partial charge < -0.3 is 0 Å². The molecule has 0 spiro atoms. The fraction of sp³-hybridized carbons (Fsp3) is 0.133. The van der Waals surface area contributed by atoms with Crippen LogP contribution in [0.3, 0.4) is 0 Å². The van der Waals surface area contributed by atoms with Crippen LogP contribution < -0.4 is 5.32 Å². The van der Waals surface area contributed by atoms with Gasteiger partial charge in [-0.25, -0.2) is 4.39 Å². The average Bonchev–Trinajstić information content (AvgIpc) is 2.42. The van der Waals surface area contributed by atoms with Crippen molar-refractivity contribution in [1.29, 1.82) is 5.26 Å². The van der Waals surface area contributed by atoms with Crippen LogP contribution in [0, 0.1) is 17.1 Å². The highest BCUT2D eigenvalue weighted by molar-refractivity contribution is 5.25. The number of nitrogens with zero attached hydrogens (tertiary/aromatic N) is 1. The molecule has 0 unspecified atom stereocenters. The number of halogens is 1. The molecule has 0 aliphatic rings. The largest absolute Gasteiger partial charge is 0.294 e. The first-order valence-electron chi connectivity index (χ1n) is 5.72. The van der Waals surface area contributed by atoms with Crippen molar-refractivity contribution in [2.24, 2.45) is 0 Å². The lowest BCUT2D eigenvalue weighted by Gasteiger charge is -2.11. The van der Waals surface area contributed by atoms with Gasteiger partial charge in [0.1, 0.15) is 11.9 Å². The highest BCUT2D eigenvalue weighted by Crippen LogP contribution is 2.13. The van der Waals surface area contributed by atoms with E-state index in [0.29, 0.717) is 6.54 Å². The quantitative estimate of drug-likeness (QED) is 0.890. The minimum atomic E-state index is -0.425. The van der Waals surface area contributed by atoms with E-state index in [9.17, 15) is 4.39 Å². The Labute approximate surface area is 106 Å². The zero-order chi connectivity index (χ0) is 12.8. The van der Waals surface area contributed by atoms with Crippen molar-refractivity contribution in [2.75, 3.05) is 0 Å². The van der Waals surface area contributed by atoms with E-state index in [-0.39, 0.29) is 5.82 Å². The van der Waals surface area contributed by atoms with E-state index < -0.39 is 6.04 Å². The topological polar surface area (TPSA) is 35.8 Å². The lowest BCUT2D eigenvalue weighted by Crippen LogP contribution is -2.19. The predicted molar refractivity (Wildman–Crippen MR) is 68.0 cm³/mol. The fourth-order valence-electron chi connectivity index (χ4n) is 1.71. The number of benzene rings is 2. The van der Waals surface area contributed by atoms with E-state index in [2.05, 4.69) is 11.4 Å². The fourth-order valence-corrected chi connectivity index (χ4v) is 1.71. The Morgan fingerprint density at radius 2 is 1.72 bits per heavy atom. The van der Waals surface area contributed by atoms with Crippen LogP contribution in [0.1, 0.15) is 17.2 Å². The van der Waals surface area contributed by atoms with Crippen molar-refractivity contribution in [3.63, 3.8) is 0 Å². The van der Waals surface area contributed by atoms with Crippen molar-refractivity contribution in [2.45, 2.75) is 12.6 Å². The Bertz CT molecular complexity index is 529. The molecule has 0 amide bonds. The molecule has 0 fully saturated rings. The zero-order valence-corrected chi connectivity index (χ0v) is 9.81. The maximum atomic E-state index is 12.8. The molecule has 2 aromatic rings. The molecule has 2 rings (SSSR count). The van der Waals surface area contributed by atoms with Crippen LogP contribution in [0.5, 0.6) is 0 Å². The molecular weight excluding hydrogens is 227 g/mol. The van der Waals surface area contributed by atoms with Gasteiger partial charge in [-0.2, -0.15) is 5.26 Å². The molecule has 2 nitrogen and oxygen atoms in total. The standard InChI is InChI=1S/C15H13FN2/c16-14-8-6-13(7-9-14)15(10-17)18-11-12-4-2-1-3-5-12/h1-9,15,18H,11H2/t15-/m1/s1. The molecule has 0 aromatic heterocycles. The first kappa shape index (κ1) is 12.3. The van der Waals surface area contributed by atoms with Crippen molar-refractivity contribution in [1.82, 2.24) is 5.32 Å². The third-order valence-corrected chi connectivity index (χ3v) is 2.69. The highest BCUT2D eigenvalue weighted by Gasteiger charge is 2.09. The number of hydrogen-bond donors (Lipinski definition) is 1. The first-order chi connectivity index (χ1) is 8.79. The molecule has 0 aliphatic heterocycles. The van der Waals surface area contributed by atoms with E-state index in [0.717, 1.165) is 11.1 Å². The minimum Gasteiger partial charge on any atom is -0.294 e. The molecule has 0 aliphatic carbocycles. The molecule has 3 heteroatoms. The second-order valence-corrected chi connectivity index (χ2v) is 3.98. The summed E-state index contributed by atoms with van der Waals surface area (Å²) in [5, 5.41) is 12.3. The summed E-state index contributed by atoms with van der Waals surface area (Å²) in [5.74, 6) is -0.293. The van der Waals surface area contributed by atoms with Gasteiger partial charge >= 0.3 is 0 Å². The maximum absolute atomic E-state index is 12.8. The van der Waals surface area contributed by atoms with E-state index in [4.69, 9.17) is 5.26 Å². The normalized spacial score (nSPS) is 11.8. The summed E-state index contributed by atoms with van der Waals surface area (Å²) in [6.45, 7) is 0.608. The van der Waals surface area contributed by atoms with Crippen LogP contribution >= 0.6 is 0 Å². The zero-order valence-electron chi connectivity index (χ0n) is 9.81. The molecule has 0 saturated carbocycles. The Balaban J connectivity index is 2.02. The number of hydrogen-bond acceptors (Lipinski definition) is 2. The molecule has 0 bridgehead atoms. The molecular formula is C15H13FN2. The second-order valence-electron chi connectivity index (χ2n) is 3.98. The smallest absolute Gasteiger partial charge is 0.123 e. The number of nitrogens with one attached hydrogen (secondary N) is 1. The van der Waals surface area contributed by atoms with Crippen molar-refractivity contribution < 1.29 is 4.39 Å². The van der Waals surface area contributed by atoms with Gasteiger partial charge in [0.05, 0.1) is 6.07 Å². The van der Waals surface area contributed by atoms with E-state index >= 15 is 0 Å². The Morgan fingerprint density at radius 1 is 1.06 bits per heavy atom. The number of nitriles is 1. The third kappa shape index (κ3) is 3.16. The van der Waals surface area contributed by atoms with Gasteiger partial charge in [-0.3, -0.25) is 5.32 Å². The molecule has 0 radical (unpaired) electrons. The first-order valence-corrected chi connectivity index (χ1v) is 5.72. The molecule has 1 atom stereocenters. The summed E-state index contributed by atoms with van der Waals surface area (Å²) in [4.78, 5) is 0. The summed E-state index contributed by atoms with van der Waals surface area (Å²) >= 11 is 0. The van der Waals surface area contributed by atoms with Gasteiger partial charge in [0.2, 0.25) is 0 Å². The average molecular weight is 240 g/mol. The Kier molecular flexibility index (Phi) is 4.06. The molecule has 2 aromatic carbocycles. The van der Waals surface area contributed by atoms with Crippen LogP contribution in [0.25, 0.3) is 0 Å².